The molecule has 0 amide bonds. The van der Waals surface area contributed by atoms with Crippen LogP contribution in [0.1, 0.15) is 11.4 Å². The fraction of sp³-hybridized carbons (Fsp3) is 0.333. The number of aryl methyl sites for hydroxylation is 2. The third kappa shape index (κ3) is 1.48. The van der Waals surface area contributed by atoms with E-state index in [2.05, 4.69) is 25.9 Å². The molecule has 0 radical (unpaired) electrons. The Balaban J connectivity index is 3.17. The molecule has 1 rings (SSSR count). The van der Waals surface area contributed by atoms with Gasteiger partial charge in [-0.2, -0.15) is 0 Å². The maximum absolute atomic E-state index is 4.13. The molecule has 9 heavy (non-hydrogen) atoms. The van der Waals surface area contributed by atoms with Crippen molar-refractivity contribution >= 4 is 15.9 Å². The van der Waals surface area contributed by atoms with Crippen LogP contribution in [0.2, 0.25) is 0 Å². The Hall–Kier alpha value is -0.440. The van der Waals surface area contributed by atoms with Crippen LogP contribution in [0.3, 0.4) is 0 Å². The Morgan fingerprint density at radius 3 is 2.44 bits per heavy atom. The average molecular weight is 187 g/mol. The number of hydrogen-bond acceptors (Lipinski definition) is 2. The van der Waals surface area contributed by atoms with Gasteiger partial charge < -0.3 is 0 Å². The lowest BCUT2D eigenvalue weighted by molar-refractivity contribution is 1.03. The molecule has 48 valence electrons. The van der Waals surface area contributed by atoms with E-state index in [1.54, 1.807) is 6.20 Å². The molecule has 0 bridgehead atoms. The molecule has 0 spiro atoms. The first-order valence-electron chi connectivity index (χ1n) is 2.66. The van der Waals surface area contributed by atoms with Gasteiger partial charge in [0.05, 0.1) is 17.6 Å². The summed E-state index contributed by atoms with van der Waals surface area (Å²) in [7, 11) is 0. The Kier molecular flexibility index (Phi) is 1.81. The minimum absolute atomic E-state index is 0.797. The van der Waals surface area contributed by atoms with Gasteiger partial charge in [0, 0.05) is 0 Å². The van der Waals surface area contributed by atoms with Crippen molar-refractivity contribution in [2.45, 2.75) is 13.8 Å². The zero-order valence-corrected chi connectivity index (χ0v) is 6.94. The Morgan fingerprint density at radius 1 is 1.33 bits per heavy atom. The summed E-state index contributed by atoms with van der Waals surface area (Å²) in [5, 5.41) is 0. The molecule has 0 saturated carbocycles. The van der Waals surface area contributed by atoms with Crippen LogP contribution in [0.4, 0.5) is 0 Å². The molecule has 0 aromatic carbocycles. The minimum Gasteiger partial charge on any atom is -0.257 e. The second-order valence-corrected chi connectivity index (χ2v) is 2.68. The van der Waals surface area contributed by atoms with E-state index in [-0.39, 0.29) is 0 Å². The zero-order chi connectivity index (χ0) is 6.85. The molecule has 0 aliphatic rings. The summed E-state index contributed by atoms with van der Waals surface area (Å²) >= 11 is 3.22. The first-order valence-corrected chi connectivity index (χ1v) is 3.45. The molecule has 0 saturated heterocycles. The molecule has 2 nitrogen and oxygen atoms in total. The van der Waals surface area contributed by atoms with Crippen molar-refractivity contribution in [3.05, 3.63) is 22.2 Å². The Labute approximate surface area is 62.5 Å². The van der Waals surface area contributed by atoms with Crippen LogP contribution < -0.4 is 0 Å². The molecule has 1 heterocycles. The fourth-order valence-corrected chi connectivity index (χ4v) is 0.882. The topological polar surface area (TPSA) is 25.8 Å². The highest BCUT2D eigenvalue weighted by molar-refractivity contribution is 9.10. The molecular weight excluding hydrogens is 180 g/mol. The summed E-state index contributed by atoms with van der Waals surface area (Å²) in [6, 6.07) is 0. The van der Waals surface area contributed by atoms with Crippen molar-refractivity contribution < 1.29 is 0 Å². The van der Waals surface area contributed by atoms with Gasteiger partial charge >= 0.3 is 0 Å². The summed E-state index contributed by atoms with van der Waals surface area (Å²) in [5.74, 6) is 0. The van der Waals surface area contributed by atoms with Crippen LogP contribution >= 0.6 is 15.9 Å². The van der Waals surface area contributed by atoms with Gasteiger partial charge in [0.25, 0.3) is 0 Å². The van der Waals surface area contributed by atoms with Crippen molar-refractivity contribution in [2.75, 3.05) is 0 Å². The third-order valence-corrected chi connectivity index (χ3v) is 1.54. The van der Waals surface area contributed by atoms with Crippen LogP contribution in [0, 0.1) is 13.8 Å². The van der Waals surface area contributed by atoms with Crippen molar-refractivity contribution in [1.82, 2.24) is 9.97 Å². The van der Waals surface area contributed by atoms with Gasteiger partial charge in [0.15, 0.2) is 0 Å². The van der Waals surface area contributed by atoms with E-state index in [0.29, 0.717) is 0 Å². The van der Waals surface area contributed by atoms with Crippen LogP contribution in [-0.2, 0) is 0 Å². The molecule has 0 N–H and O–H groups in total. The normalized spacial score (nSPS) is 9.67. The predicted octanol–water partition coefficient (Wildman–Crippen LogP) is 1.86. The average Bonchev–Trinajstić information content (AvgIpc) is 1.80. The van der Waals surface area contributed by atoms with E-state index in [1.165, 1.54) is 0 Å². The standard InChI is InChI=1S/C6H7BrN2/c1-4-5(2)9-6(7)3-8-4/h3H,1-2H3. The molecule has 0 atom stereocenters. The van der Waals surface area contributed by atoms with Crippen molar-refractivity contribution in [2.24, 2.45) is 0 Å². The van der Waals surface area contributed by atoms with Gasteiger partial charge in [0.2, 0.25) is 0 Å². The molecule has 0 unspecified atom stereocenters. The molecule has 0 aliphatic carbocycles. The van der Waals surface area contributed by atoms with Crippen LogP contribution in [0.25, 0.3) is 0 Å². The summed E-state index contributed by atoms with van der Waals surface area (Å²) in [4.78, 5) is 8.20. The van der Waals surface area contributed by atoms with Crippen molar-refractivity contribution in [3.63, 3.8) is 0 Å². The predicted molar refractivity (Wildman–Crippen MR) is 39.2 cm³/mol. The second-order valence-electron chi connectivity index (χ2n) is 1.86. The molecule has 1 aromatic heterocycles. The maximum atomic E-state index is 4.13. The van der Waals surface area contributed by atoms with Crippen molar-refractivity contribution in [1.29, 1.82) is 0 Å². The molecule has 0 fully saturated rings. The fourth-order valence-electron chi connectivity index (χ4n) is 0.513. The highest BCUT2D eigenvalue weighted by atomic mass is 79.9. The van der Waals surface area contributed by atoms with E-state index in [1.807, 2.05) is 13.8 Å². The lowest BCUT2D eigenvalue weighted by Gasteiger charge is -1.95. The largest absolute Gasteiger partial charge is 0.257 e. The lowest BCUT2D eigenvalue weighted by Crippen LogP contribution is -1.89. The number of nitrogens with zero attached hydrogens (tertiary/aromatic N) is 2. The van der Waals surface area contributed by atoms with Gasteiger partial charge in [-0.25, -0.2) is 4.98 Å². The second kappa shape index (κ2) is 2.43. The minimum atomic E-state index is 0.797. The van der Waals surface area contributed by atoms with E-state index in [4.69, 9.17) is 0 Å². The first-order chi connectivity index (χ1) is 4.20. The van der Waals surface area contributed by atoms with E-state index < -0.39 is 0 Å². The summed E-state index contributed by atoms with van der Waals surface area (Å²) in [6.45, 7) is 3.88. The first kappa shape index (κ1) is 6.68. The monoisotopic (exact) mass is 186 g/mol. The van der Waals surface area contributed by atoms with Gasteiger partial charge in [0.1, 0.15) is 4.60 Å². The Morgan fingerprint density at radius 2 is 2.00 bits per heavy atom. The smallest absolute Gasteiger partial charge is 0.124 e. The van der Waals surface area contributed by atoms with Crippen LogP contribution in [-0.4, -0.2) is 9.97 Å². The number of hydrogen-bond donors (Lipinski definition) is 0. The highest BCUT2D eigenvalue weighted by Crippen LogP contribution is 2.05. The summed E-state index contributed by atoms with van der Waals surface area (Å²) < 4.78 is 0.797. The summed E-state index contributed by atoms with van der Waals surface area (Å²) in [6.07, 6.45) is 1.70. The van der Waals surface area contributed by atoms with E-state index in [9.17, 15) is 0 Å². The van der Waals surface area contributed by atoms with Gasteiger partial charge in [-0.3, -0.25) is 4.98 Å². The highest BCUT2D eigenvalue weighted by Gasteiger charge is 1.93. The quantitative estimate of drug-likeness (QED) is 0.619. The molecule has 1 aromatic rings. The van der Waals surface area contributed by atoms with Crippen molar-refractivity contribution in [3.8, 4) is 0 Å². The number of aromatic nitrogens is 2. The molecule has 3 heteroatoms. The van der Waals surface area contributed by atoms with Crippen LogP contribution in [0.15, 0.2) is 10.8 Å². The maximum Gasteiger partial charge on any atom is 0.124 e. The van der Waals surface area contributed by atoms with Gasteiger partial charge in [-0.05, 0) is 29.8 Å². The van der Waals surface area contributed by atoms with Gasteiger partial charge in [-0.1, -0.05) is 0 Å². The summed E-state index contributed by atoms with van der Waals surface area (Å²) in [5.41, 5.74) is 1.96. The Bertz CT molecular complexity index is 222. The molecular formula is C6H7BrN2. The number of halogens is 1. The SMILES string of the molecule is Cc1ncc(Br)nc1C. The van der Waals surface area contributed by atoms with Crippen LogP contribution in [0.5, 0.6) is 0 Å². The molecule has 0 aliphatic heterocycles. The van der Waals surface area contributed by atoms with Gasteiger partial charge in [-0.15, -0.1) is 0 Å². The lowest BCUT2D eigenvalue weighted by atomic mass is 10.4. The van der Waals surface area contributed by atoms with E-state index >= 15 is 0 Å². The zero-order valence-electron chi connectivity index (χ0n) is 5.35. The third-order valence-electron chi connectivity index (χ3n) is 1.16. The van der Waals surface area contributed by atoms with E-state index in [0.717, 1.165) is 16.0 Å². The number of rotatable bonds is 0.